The van der Waals surface area contributed by atoms with Gasteiger partial charge in [0.05, 0.1) is 17.5 Å². The van der Waals surface area contributed by atoms with Gasteiger partial charge in [0.25, 0.3) is 0 Å². The Bertz CT molecular complexity index is 1190. The van der Waals surface area contributed by atoms with Gasteiger partial charge in [-0.3, -0.25) is 9.78 Å². The summed E-state index contributed by atoms with van der Waals surface area (Å²) in [5.74, 6) is -0.272. The van der Waals surface area contributed by atoms with Crippen LogP contribution in [0.4, 0.5) is 18.9 Å². The minimum absolute atomic E-state index is 0.0156. The summed E-state index contributed by atoms with van der Waals surface area (Å²) in [6, 6.07) is 22.1. The maximum Gasteiger partial charge on any atom is 0.418 e. The quantitative estimate of drug-likeness (QED) is 0.445. The van der Waals surface area contributed by atoms with Gasteiger partial charge in [-0.1, -0.05) is 60.7 Å². The molecule has 0 saturated heterocycles. The smallest absolute Gasteiger partial charge is 0.326 e. The van der Waals surface area contributed by atoms with E-state index < -0.39 is 11.7 Å². The summed E-state index contributed by atoms with van der Waals surface area (Å²) in [7, 11) is 0. The zero-order valence-electron chi connectivity index (χ0n) is 15.8. The SMILES string of the molecule is O=C(Cc1cnc2c(C(F)(F)F)cccc2c1-c1ccccc1)Nc1ccccc1. The maximum atomic E-state index is 13.5. The van der Waals surface area contributed by atoms with Crippen LogP contribution in [-0.2, 0) is 17.4 Å². The molecule has 0 spiro atoms. The Labute approximate surface area is 171 Å². The van der Waals surface area contributed by atoms with Crippen LogP contribution in [0.25, 0.3) is 22.0 Å². The van der Waals surface area contributed by atoms with Crippen molar-refractivity contribution in [2.24, 2.45) is 0 Å². The van der Waals surface area contributed by atoms with Crippen molar-refractivity contribution in [1.29, 1.82) is 0 Å². The number of amides is 1. The Balaban J connectivity index is 1.82. The summed E-state index contributed by atoms with van der Waals surface area (Å²) in [6.07, 6.45) is -3.17. The van der Waals surface area contributed by atoms with Crippen LogP contribution in [0.5, 0.6) is 0 Å². The predicted octanol–water partition coefficient (Wildman–Crippen LogP) is 6.10. The molecule has 0 saturated carbocycles. The van der Waals surface area contributed by atoms with Crippen LogP contribution in [0.3, 0.4) is 0 Å². The first-order valence-corrected chi connectivity index (χ1v) is 9.31. The monoisotopic (exact) mass is 406 g/mol. The number of fused-ring (bicyclic) bond motifs is 1. The average Bonchev–Trinajstić information content (AvgIpc) is 2.73. The first kappa shape index (κ1) is 19.6. The second kappa shape index (κ2) is 7.99. The highest BCUT2D eigenvalue weighted by molar-refractivity contribution is 6.00. The van der Waals surface area contributed by atoms with Crippen molar-refractivity contribution in [2.45, 2.75) is 12.6 Å². The molecule has 1 N–H and O–H groups in total. The number of pyridine rings is 1. The van der Waals surface area contributed by atoms with Gasteiger partial charge >= 0.3 is 6.18 Å². The molecule has 1 amide bonds. The minimum Gasteiger partial charge on any atom is -0.326 e. The molecule has 3 nitrogen and oxygen atoms in total. The fourth-order valence-electron chi connectivity index (χ4n) is 3.47. The van der Waals surface area contributed by atoms with Crippen molar-refractivity contribution in [1.82, 2.24) is 4.98 Å². The van der Waals surface area contributed by atoms with Crippen LogP contribution in [0.2, 0.25) is 0 Å². The summed E-state index contributed by atoms with van der Waals surface area (Å²) in [5.41, 5.74) is 1.59. The molecule has 4 aromatic rings. The van der Waals surface area contributed by atoms with Gasteiger partial charge < -0.3 is 5.32 Å². The first-order chi connectivity index (χ1) is 14.4. The first-order valence-electron chi connectivity index (χ1n) is 9.31. The number of nitrogens with zero attached hydrogens (tertiary/aromatic N) is 1. The summed E-state index contributed by atoms with van der Waals surface area (Å²) in [6.45, 7) is 0. The zero-order valence-corrected chi connectivity index (χ0v) is 15.8. The standard InChI is InChI=1S/C24H17F3N2O/c25-24(26,27)20-13-7-12-19-22(16-8-3-1-4-9-16)17(15-28-23(19)20)14-21(30)29-18-10-5-2-6-11-18/h1-13,15H,14H2,(H,29,30). The van der Waals surface area contributed by atoms with Crippen LogP contribution in [0.1, 0.15) is 11.1 Å². The second-order valence-corrected chi connectivity index (χ2v) is 6.81. The number of para-hydroxylation sites is 2. The third kappa shape index (κ3) is 4.03. The second-order valence-electron chi connectivity index (χ2n) is 6.81. The minimum atomic E-state index is -4.52. The van der Waals surface area contributed by atoms with Crippen molar-refractivity contribution < 1.29 is 18.0 Å². The summed E-state index contributed by atoms with van der Waals surface area (Å²) < 4.78 is 40.5. The van der Waals surface area contributed by atoms with E-state index in [1.165, 1.54) is 12.3 Å². The Kier molecular flexibility index (Phi) is 5.23. The highest BCUT2D eigenvalue weighted by Gasteiger charge is 2.33. The van der Waals surface area contributed by atoms with E-state index in [4.69, 9.17) is 0 Å². The third-order valence-corrected chi connectivity index (χ3v) is 4.75. The Morgan fingerprint density at radius 1 is 0.867 bits per heavy atom. The van der Waals surface area contributed by atoms with Gasteiger partial charge in [-0.25, -0.2) is 0 Å². The van der Waals surface area contributed by atoms with Crippen LogP contribution in [0.15, 0.2) is 85.1 Å². The Morgan fingerprint density at radius 3 is 2.20 bits per heavy atom. The van der Waals surface area contributed by atoms with Crippen LogP contribution in [0, 0.1) is 0 Å². The number of aromatic nitrogens is 1. The lowest BCUT2D eigenvalue weighted by atomic mass is 9.93. The molecule has 0 aliphatic carbocycles. The molecule has 1 aromatic heterocycles. The summed E-state index contributed by atoms with van der Waals surface area (Å²) >= 11 is 0. The Morgan fingerprint density at radius 2 is 1.53 bits per heavy atom. The molecule has 0 unspecified atom stereocenters. The molecule has 4 rings (SSSR count). The number of halogens is 3. The van der Waals surface area contributed by atoms with Crippen molar-refractivity contribution in [3.8, 4) is 11.1 Å². The summed E-state index contributed by atoms with van der Waals surface area (Å²) in [5, 5.41) is 3.17. The molecule has 0 radical (unpaired) electrons. The molecule has 1 heterocycles. The molecule has 3 aromatic carbocycles. The van der Waals surface area contributed by atoms with Gasteiger partial charge in [-0.15, -0.1) is 0 Å². The lowest BCUT2D eigenvalue weighted by molar-refractivity contribution is -0.136. The number of hydrogen-bond donors (Lipinski definition) is 1. The van der Waals surface area contributed by atoms with Crippen molar-refractivity contribution >= 4 is 22.5 Å². The number of benzene rings is 3. The number of nitrogens with one attached hydrogen (secondary N) is 1. The van der Waals surface area contributed by atoms with Gasteiger partial charge in [-0.2, -0.15) is 13.2 Å². The van der Waals surface area contributed by atoms with Crippen molar-refractivity contribution in [3.05, 3.63) is 96.2 Å². The highest BCUT2D eigenvalue weighted by atomic mass is 19.4. The molecule has 0 aliphatic heterocycles. The number of hydrogen-bond acceptors (Lipinski definition) is 2. The van der Waals surface area contributed by atoms with E-state index in [0.717, 1.165) is 11.6 Å². The lowest BCUT2D eigenvalue weighted by Gasteiger charge is -2.16. The van der Waals surface area contributed by atoms with Gasteiger partial charge in [0.15, 0.2) is 0 Å². The van der Waals surface area contributed by atoms with Gasteiger partial charge in [0.1, 0.15) is 0 Å². The van der Waals surface area contributed by atoms with E-state index in [1.807, 2.05) is 36.4 Å². The number of alkyl halides is 3. The number of carbonyl (C=O) groups is 1. The van der Waals surface area contributed by atoms with E-state index in [2.05, 4.69) is 10.3 Å². The molecule has 30 heavy (non-hydrogen) atoms. The van der Waals surface area contributed by atoms with E-state index in [1.54, 1.807) is 30.3 Å². The fraction of sp³-hybridized carbons (Fsp3) is 0.0833. The van der Waals surface area contributed by atoms with Crippen molar-refractivity contribution in [3.63, 3.8) is 0 Å². The number of carbonyl (C=O) groups excluding carboxylic acids is 1. The predicted molar refractivity (Wildman–Crippen MR) is 111 cm³/mol. The molecule has 0 atom stereocenters. The van der Waals surface area contributed by atoms with Crippen LogP contribution < -0.4 is 5.32 Å². The lowest BCUT2D eigenvalue weighted by Crippen LogP contribution is -2.15. The largest absolute Gasteiger partial charge is 0.418 e. The normalized spacial score (nSPS) is 11.4. The van der Waals surface area contributed by atoms with E-state index in [-0.39, 0.29) is 17.8 Å². The zero-order chi connectivity index (χ0) is 21.1. The highest BCUT2D eigenvalue weighted by Crippen LogP contribution is 2.38. The van der Waals surface area contributed by atoms with E-state index in [0.29, 0.717) is 22.2 Å². The fourth-order valence-corrected chi connectivity index (χ4v) is 3.47. The summed E-state index contributed by atoms with van der Waals surface area (Å²) in [4.78, 5) is 16.7. The van der Waals surface area contributed by atoms with Crippen LogP contribution in [-0.4, -0.2) is 10.9 Å². The van der Waals surface area contributed by atoms with Gasteiger partial charge in [0.2, 0.25) is 5.91 Å². The number of rotatable bonds is 4. The Hall–Kier alpha value is -3.67. The van der Waals surface area contributed by atoms with Gasteiger partial charge in [-0.05, 0) is 34.9 Å². The number of anilines is 1. The molecule has 0 fully saturated rings. The third-order valence-electron chi connectivity index (χ3n) is 4.75. The molecule has 0 aliphatic rings. The average molecular weight is 406 g/mol. The molecule has 150 valence electrons. The molecule has 0 bridgehead atoms. The topological polar surface area (TPSA) is 42.0 Å². The molecule has 6 heteroatoms. The van der Waals surface area contributed by atoms with Gasteiger partial charge in [0, 0.05) is 17.3 Å². The van der Waals surface area contributed by atoms with Crippen LogP contribution >= 0.6 is 0 Å². The van der Waals surface area contributed by atoms with Crippen molar-refractivity contribution in [2.75, 3.05) is 5.32 Å². The van der Waals surface area contributed by atoms with E-state index in [9.17, 15) is 18.0 Å². The van der Waals surface area contributed by atoms with E-state index >= 15 is 0 Å². The maximum absolute atomic E-state index is 13.5. The molecular weight excluding hydrogens is 389 g/mol. The molecular formula is C24H17F3N2O.